The molecule has 0 unspecified atom stereocenters. The van der Waals surface area contributed by atoms with Crippen LogP contribution in [-0.4, -0.2) is 20.7 Å². The third-order valence-electron chi connectivity index (χ3n) is 3.74. The van der Waals surface area contributed by atoms with Gasteiger partial charge in [-0.2, -0.15) is 0 Å². The van der Waals surface area contributed by atoms with Crippen molar-refractivity contribution >= 4 is 22.5 Å². The number of fused-ring (bicyclic) bond motifs is 1. The Morgan fingerprint density at radius 1 is 1.33 bits per heavy atom. The summed E-state index contributed by atoms with van der Waals surface area (Å²) in [4.78, 5) is 4.18. The monoisotopic (exact) mass is 302 g/mol. The Morgan fingerprint density at radius 3 is 2.90 bits per heavy atom. The van der Waals surface area contributed by atoms with E-state index < -0.39 is 0 Å². The van der Waals surface area contributed by atoms with E-state index in [0.29, 0.717) is 0 Å². The summed E-state index contributed by atoms with van der Waals surface area (Å²) in [5, 5.41) is 5.41. The van der Waals surface area contributed by atoms with Gasteiger partial charge in [-0.1, -0.05) is 24.6 Å². The maximum Gasteiger partial charge on any atom is 0.0946 e. The fourth-order valence-corrected chi connectivity index (χ4v) is 2.75. The topological polar surface area (TPSA) is 34.8 Å². The molecule has 3 rings (SSSR count). The van der Waals surface area contributed by atoms with Crippen molar-refractivity contribution in [2.45, 2.75) is 20.0 Å². The molecule has 0 fully saturated rings. The highest BCUT2D eigenvalue weighted by molar-refractivity contribution is 6.31. The standard InChI is InChI=1S/C16H19ClN4/c1-3-18-7-12-9-21(10-14-8-19-11-20(14)2)16-6-13(17)4-5-15(12)16/h4-6,8-9,11,18H,3,7,10H2,1-2H3. The predicted molar refractivity (Wildman–Crippen MR) is 86.6 cm³/mol. The number of hydrogen-bond donors (Lipinski definition) is 1. The summed E-state index contributed by atoms with van der Waals surface area (Å²) >= 11 is 6.17. The van der Waals surface area contributed by atoms with Crippen LogP contribution in [0.4, 0.5) is 0 Å². The van der Waals surface area contributed by atoms with E-state index in [0.717, 1.165) is 30.2 Å². The number of aryl methyl sites for hydroxylation is 1. The van der Waals surface area contributed by atoms with E-state index in [4.69, 9.17) is 11.6 Å². The van der Waals surface area contributed by atoms with E-state index >= 15 is 0 Å². The molecule has 5 heteroatoms. The normalized spacial score (nSPS) is 11.4. The van der Waals surface area contributed by atoms with Crippen molar-refractivity contribution in [3.8, 4) is 0 Å². The van der Waals surface area contributed by atoms with Gasteiger partial charge in [-0.05, 0) is 24.2 Å². The smallest absolute Gasteiger partial charge is 0.0946 e. The summed E-state index contributed by atoms with van der Waals surface area (Å²) in [6.07, 6.45) is 5.94. The Kier molecular flexibility index (Phi) is 3.99. The molecule has 1 N–H and O–H groups in total. The van der Waals surface area contributed by atoms with Gasteiger partial charge in [0.05, 0.1) is 24.1 Å². The SMILES string of the molecule is CCNCc1cn(Cc2cncn2C)c2cc(Cl)ccc12. The van der Waals surface area contributed by atoms with E-state index in [1.165, 1.54) is 16.6 Å². The van der Waals surface area contributed by atoms with Crippen LogP contribution in [0, 0.1) is 0 Å². The summed E-state index contributed by atoms with van der Waals surface area (Å²) in [6.45, 7) is 4.74. The number of nitrogens with zero attached hydrogens (tertiary/aromatic N) is 3. The molecular formula is C16H19ClN4. The van der Waals surface area contributed by atoms with E-state index in [1.807, 2.05) is 36.3 Å². The number of hydrogen-bond acceptors (Lipinski definition) is 2. The van der Waals surface area contributed by atoms with Gasteiger partial charge < -0.3 is 14.5 Å². The molecule has 1 aromatic carbocycles. The first kappa shape index (κ1) is 14.2. The molecule has 0 radical (unpaired) electrons. The van der Waals surface area contributed by atoms with Crippen LogP contribution in [0.25, 0.3) is 10.9 Å². The molecule has 0 amide bonds. The zero-order valence-corrected chi connectivity index (χ0v) is 13.1. The van der Waals surface area contributed by atoms with Crippen molar-refractivity contribution in [1.29, 1.82) is 0 Å². The van der Waals surface area contributed by atoms with Gasteiger partial charge in [0.1, 0.15) is 0 Å². The van der Waals surface area contributed by atoms with Crippen molar-refractivity contribution in [1.82, 2.24) is 19.4 Å². The minimum absolute atomic E-state index is 0.766. The molecule has 21 heavy (non-hydrogen) atoms. The second-order valence-electron chi connectivity index (χ2n) is 5.22. The Hall–Kier alpha value is -1.78. The fraction of sp³-hybridized carbons (Fsp3) is 0.312. The Bertz CT molecular complexity index is 757. The van der Waals surface area contributed by atoms with Gasteiger partial charge in [-0.3, -0.25) is 0 Å². The third-order valence-corrected chi connectivity index (χ3v) is 3.98. The van der Waals surface area contributed by atoms with Crippen LogP contribution in [0.2, 0.25) is 5.02 Å². The lowest BCUT2D eigenvalue weighted by Crippen LogP contribution is -2.11. The number of aromatic nitrogens is 3. The molecule has 110 valence electrons. The number of nitrogens with one attached hydrogen (secondary N) is 1. The number of imidazole rings is 1. The quantitative estimate of drug-likeness (QED) is 0.785. The first-order valence-corrected chi connectivity index (χ1v) is 7.50. The van der Waals surface area contributed by atoms with Crippen LogP contribution in [-0.2, 0) is 20.1 Å². The number of halogens is 1. The summed E-state index contributed by atoms with van der Waals surface area (Å²) in [6, 6.07) is 6.08. The van der Waals surface area contributed by atoms with Crippen LogP contribution in [0.15, 0.2) is 36.9 Å². The van der Waals surface area contributed by atoms with Crippen LogP contribution in [0.5, 0.6) is 0 Å². The second-order valence-corrected chi connectivity index (χ2v) is 5.66. The lowest BCUT2D eigenvalue weighted by atomic mass is 10.2. The van der Waals surface area contributed by atoms with E-state index in [1.54, 1.807) is 0 Å². The van der Waals surface area contributed by atoms with Crippen molar-refractivity contribution < 1.29 is 0 Å². The molecule has 0 atom stereocenters. The summed E-state index contributed by atoms with van der Waals surface area (Å²) < 4.78 is 4.28. The number of benzene rings is 1. The minimum Gasteiger partial charge on any atom is -0.341 e. The van der Waals surface area contributed by atoms with Crippen LogP contribution in [0.1, 0.15) is 18.2 Å². The van der Waals surface area contributed by atoms with Gasteiger partial charge in [0.15, 0.2) is 0 Å². The minimum atomic E-state index is 0.766. The predicted octanol–water partition coefficient (Wildman–Crippen LogP) is 3.19. The van der Waals surface area contributed by atoms with Crippen LogP contribution >= 0.6 is 11.6 Å². The zero-order chi connectivity index (χ0) is 14.8. The second kappa shape index (κ2) is 5.92. The highest BCUT2D eigenvalue weighted by Crippen LogP contribution is 2.25. The van der Waals surface area contributed by atoms with Gasteiger partial charge >= 0.3 is 0 Å². The lowest BCUT2D eigenvalue weighted by molar-refractivity contribution is 0.714. The van der Waals surface area contributed by atoms with Gasteiger partial charge in [0, 0.05) is 36.4 Å². The number of rotatable bonds is 5. The van der Waals surface area contributed by atoms with E-state index in [2.05, 4.69) is 34.1 Å². The molecular weight excluding hydrogens is 284 g/mol. The molecule has 0 bridgehead atoms. The van der Waals surface area contributed by atoms with E-state index in [-0.39, 0.29) is 0 Å². The van der Waals surface area contributed by atoms with Crippen LogP contribution < -0.4 is 5.32 Å². The highest BCUT2D eigenvalue weighted by atomic mass is 35.5. The zero-order valence-electron chi connectivity index (χ0n) is 12.3. The largest absolute Gasteiger partial charge is 0.341 e. The van der Waals surface area contributed by atoms with Crippen molar-refractivity contribution in [3.05, 3.63) is 53.2 Å². The highest BCUT2D eigenvalue weighted by Gasteiger charge is 2.10. The average molecular weight is 303 g/mol. The lowest BCUT2D eigenvalue weighted by Gasteiger charge is -2.06. The molecule has 3 aromatic rings. The van der Waals surface area contributed by atoms with Gasteiger partial charge in [0.2, 0.25) is 0 Å². The van der Waals surface area contributed by atoms with Gasteiger partial charge in [-0.25, -0.2) is 4.98 Å². The maximum absolute atomic E-state index is 6.17. The molecule has 0 aliphatic carbocycles. The van der Waals surface area contributed by atoms with E-state index in [9.17, 15) is 0 Å². The van der Waals surface area contributed by atoms with Gasteiger partial charge in [-0.15, -0.1) is 0 Å². The molecule has 2 aromatic heterocycles. The first-order chi connectivity index (χ1) is 10.2. The molecule has 0 spiro atoms. The summed E-state index contributed by atoms with van der Waals surface area (Å²) in [7, 11) is 2.01. The van der Waals surface area contributed by atoms with Crippen molar-refractivity contribution in [2.24, 2.45) is 7.05 Å². The summed E-state index contributed by atoms with van der Waals surface area (Å²) in [5.74, 6) is 0. The molecule has 0 aliphatic rings. The summed E-state index contributed by atoms with van der Waals surface area (Å²) in [5.41, 5.74) is 3.63. The fourth-order valence-electron chi connectivity index (χ4n) is 2.58. The molecule has 4 nitrogen and oxygen atoms in total. The maximum atomic E-state index is 6.17. The van der Waals surface area contributed by atoms with Gasteiger partial charge in [0.25, 0.3) is 0 Å². The molecule has 2 heterocycles. The Morgan fingerprint density at radius 2 is 2.19 bits per heavy atom. The molecule has 0 aliphatic heterocycles. The Balaban J connectivity index is 2.04. The average Bonchev–Trinajstić information content (AvgIpc) is 3.02. The van der Waals surface area contributed by atoms with Crippen molar-refractivity contribution in [3.63, 3.8) is 0 Å². The van der Waals surface area contributed by atoms with Crippen LogP contribution in [0.3, 0.4) is 0 Å². The molecule has 0 saturated carbocycles. The van der Waals surface area contributed by atoms with Crippen molar-refractivity contribution in [2.75, 3.05) is 6.54 Å². The third kappa shape index (κ3) is 2.82. The first-order valence-electron chi connectivity index (χ1n) is 7.12. The molecule has 0 saturated heterocycles. The Labute approximate surface area is 129 Å².